The van der Waals surface area contributed by atoms with Crippen molar-refractivity contribution in [2.45, 2.75) is 39.5 Å². The highest BCUT2D eigenvalue weighted by Gasteiger charge is 2.18. The molecule has 0 unspecified atom stereocenters. The molecule has 0 amide bonds. The second kappa shape index (κ2) is 9.53. The Hall–Kier alpha value is -4.63. The average Bonchev–Trinajstić information content (AvgIpc) is 3.55. The van der Waals surface area contributed by atoms with Crippen LogP contribution in [0.5, 0.6) is 0 Å². The molecule has 0 atom stereocenters. The van der Waals surface area contributed by atoms with Crippen LogP contribution in [0.3, 0.4) is 0 Å². The third-order valence-electron chi connectivity index (χ3n) is 7.98. The minimum absolute atomic E-state index is 0.409. The number of para-hydroxylation sites is 3. The summed E-state index contributed by atoms with van der Waals surface area (Å²) in [4.78, 5) is 5.04. The fourth-order valence-electron chi connectivity index (χ4n) is 5.68. The van der Waals surface area contributed by atoms with Gasteiger partial charge in [-0.3, -0.25) is 4.57 Å². The number of furan rings is 1. The highest BCUT2D eigenvalue weighted by molar-refractivity contribution is 6.10. The lowest BCUT2D eigenvalue weighted by Gasteiger charge is -2.12. The minimum atomic E-state index is 0.409. The standard InChI is InChI=1S/C37H32N2O/c1-23(2)27-18-19-35-31(20-27)32-22-28(24(3)4)21-30(36(32)40-35)25-14-16-26(17-15-25)37-38-33-12-8-9-13-34(33)39(37)29-10-6-5-7-11-29/h5-24H,1-4H3. The van der Waals surface area contributed by atoms with Gasteiger partial charge in [0.25, 0.3) is 0 Å². The number of benzene rings is 5. The van der Waals surface area contributed by atoms with E-state index in [2.05, 4.69) is 129 Å². The van der Waals surface area contributed by atoms with Crippen molar-refractivity contribution in [2.24, 2.45) is 0 Å². The van der Waals surface area contributed by atoms with E-state index in [4.69, 9.17) is 9.40 Å². The van der Waals surface area contributed by atoms with Crippen molar-refractivity contribution in [2.75, 3.05) is 0 Å². The van der Waals surface area contributed by atoms with Crippen molar-refractivity contribution < 1.29 is 4.42 Å². The number of hydrogen-bond donors (Lipinski definition) is 0. The monoisotopic (exact) mass is 520 g/mol. The molecule has 40 heavy (non-hydrogen) atoms. The van der Waals surface area contributed by atoms with Crippen molar-refractivity contribution in [1.82, 2.24) is 9.55 Å². The van der Waals surface area contributed by atoms with E-state index in [0.717, 1.165) is 50.4 Å². The first-order chi connectivity index (χ1) is 19.5. The molecule has 0 spiro atoms. The maximum atomic E-state index is 6.52. The first-order valence-electron chi connectivity index (χ1n) is 14.1. The Balaban J connectivity index is 1.39. The Morgan fingerprint density at radius 1 is 0.625 bits per heavy atom. The molecule has 3 heteroatoms. The summed E-state index contributed by atoms with van der Waals surface area (Å²) >= 11 is 0. The van der Waals surface area contributed by atoms with Crippen LogP contribution in [0.15, 0.2) is 114 Å². The molecule has 2 aromatic heterocycles. The smallest absolute Gasteiger partial charge is 0.145 e. The van der Waals surface area contributed by atoms with Gasteiger partial charge in [-0.1, -0.05) is 88.4 Å². The lowest BCUT2D eigenvalue weighted by atomic mass is 9.93. The molecular formula is C37H32N2O. The van der Waals surface area contributed by atoms with Crippen LogP contribution in [0.4, 0.5) is 0 Å². The zero-order valence-electron chi connectivity index (χ0n) is 23.3. The third kappa shape index (κ3) is 4.01. The second-order valence-corrected chi connectivity index (χ2v) is 11.3. The Morgan fingerprint density at radius 3 is 2.05 bits per heavy atom. The van der Waals surface area contributed by atoms with Gasteiger partial charge in [-0.25, -0.2) is 4.98 Å². The minimum Gasteiger partial charge on any atom is -0.455 e. The maximum absolute atomic E-state index is 6.52. The highest BCUT2D eigenvalue weighted by Crippen LogP contribution is 2.40. The molecule has 0 N–H and O–H groups in total. The zero-order valence-corrected chi connectivity index (χ0v) is 23.3. The van der Waals surface area contributed by atoms with Crippen LogP contribution in [0.1, 0.15) is 50.7 Å². The van der Waals surface area contributed by atoms with Gasteiger partial charge in [-0.2, -0.15) is 0 Å². The van der Waals surface area contributed by atoms with Crippen LogP contribution >= 0.6 is 0 Å². The zero-order chi connectivity index (χ0) is 27.4. The van der Waals surface area contributed by atoms with Gasteiger partial charge in [-0.05, 0) is 77.1 Å². The second-order valence-electron chi connectivity index (χ2n) is 11.3. The number of fused-ring (bicyclic) bond motifs is 4. The molecule has 3 nitrogen and oxygen atoms in total. The first-order valence-corrected chi connectivity index (χ1v) is 14.1. The Labute approximate surface area is 234 Å². The molecule has 5 aromatic carbocycles. The van der Waals surface area contributed by atoms with E-state index in [-0.39, 0.29) is 0 Å². The highest BCUT2D eigenvalue weighted by atomic mass is 16.3. The van der Waals surface area contributed by atoms with E-state index >= 15 is 0 Å². The van der Waals surface area contributed by atoms with Gasteiger partial charge in [0.1, 0.15) is 17.0 Å². The van der Waals surface area contributed by atoms with E-state index in [9.17, 15) is 0 Å². The average molecular weight is 521 g/mol. The SMILES string of the molecule is CC(C)c1ccc2oc3c(-c4ccc(-c5nc6ccccc6n5-c5ccccc5)cc4)cc(C(C)C)cc3c2c1. The Bertz CT molecular complexity index is 1990. The number of rotatable bonds is 5. The molecule has 0 bridgehead atoms. The molecule has 0 saturated carbocycles. The first kappa shape index (κ1) is 24.4. The molecule has 0 aliphatic rings. The molecular weight excluding hydrogens is 488 g/mol. The lowest BCUT2D eigenvalue weighted by Crippen LogP contribution is -1.97. The summed E-state index contributed by atoms with van der Waals surface area (Å²) in [5.74, 6) is 1.81. The van der Waals surface area contributed by atoms with Crippen LogP contribution in [-0.2, 0) is 0 Å². The third-order valence-corrected chi connectivity index (χ3v) is 7.98. The predicted octanol–water partition coefficient (Wildman–Crippen LogP) is 10.5. The fourth-order valence-corrected chi connectivity index (χ4v) is 5.68. The van der Waals surface area contributed by atoms with E-state index < -0.39 is 0 Å². The summed E-state index contributed by atoms with van der Waals surface area (Å²) in [6.45, 7) is 8.98. The topological polar surface area (TPSA) is 31.0 Å². The van der Waals surface area contributed by atoms with Gasteiger partial charge in [0.05, 0.1) is 11.0 Å². The van der Waals surface area contributed by atoms with Crippen LogP contribution in [0.25, 0.3) is 61.2 Å². The van der Waals surface area contributed by atoms with Gasteiger partial charge in [0.2, 0.25) is 0 Å². The van der Waals surface area contributed by atoms with Gasteiger partial charge in [0.15, 0.2) is 0 Å². The van der Waals surface area contributed by atoms with Crippen molar-refractivity contribution in [3.8, 4) is 28.2 Å². The number of hydrogen-bond acceptors (Lipinski definition) is 2. The molecule has 0 radical (unpaired) electrons. The molecule has 2 heterocycles. The number of aromatic nitrogens is 2. The summed E-state index contributed by atoms with van der Waals surface area (Å²) in [5.41, 5.74) is 11.1. The summed E-state index contributed by atoms with van der Waals surface area (Å²) in [7, 11) is 0. The van der Waals surface area contributed by atoms with Gasteiger partial charge in [0, 0.05) is 27.6 Å². The Kier molecular flexibility index (Phi) is 5.82. The van der Waals surface area contributed by atoms with Crippen molar-refractivity contribution in [3.63, 3.8) is 0 Å². The van der Waals surface area contributed by atoms with E-state index in [1.807, 2.05) is 12.1 Å². The normalized spacial score (nSPS) is 11.9. The number of nitrogens with zero attached hydrogens (tertiary/aromatic N) is 2. The molecule has 0 aliphatic carbocycles. The quantitative estimate of drug-likeness (QED) is 0.226. The van der Waals surface area contributed by atoms with Crippen molar-refractivity contribution in [3.05, 3.63) is 120 Å². The van der Waals surface area contributed by atoms with Crippen LogP contribution < -0.4 is 0 Å². The Morgan fingerprint density at radius 2 is 1.30 bits per heavy atom. The van der Waals surface area contributed by atoms with Gasteiger partial charge in [-0.15, -0.1) is 0 Å². The van der Waals surface area contributed by atoms with Crippen LogP contribution in [-0.4, -0.2) is 9.55 Å². The van der Waals surface area contributed by atoms with Gasteiger partial charge >= 0.3 is 0 Å². The molecule has 7 rings (SSSR count). The maximum Gasteiger partial charge on any atom is 0.145 e. The summed E-state index contributed by atoms with van der Waals surface area (Å²) in [6, 6.07) is 38.8. The molecule has 196 valence electrons. The van der Waals surface area contributed by atoms with Gasteiger partial charge < -0.3 is 4.42 Å². The van der Waals surface area contributed by atoms with Crippen LogP contribution in [0.2, 0.25) is 0 Å². The van der Waals surface area contributed by atoms with Crippen LogP contribution in [0, 0.1) is 0 Å². The van der Waals surface area contributed by atoms with E-state index in [1.54, 1.807) is 0 Å². The van der Waals surface area contributed by atoms with E-state index in [0.29, 0.717) is 11.8 Å². The fraction of sp³-hybridized carbons (Fsp3) is 0.162. The summed E-state index contributed by atoms with van der Waals surface area (Å²) < 4.78 is 8.77. The molecule has 0 saturated heterocycles. The number of imidazole rings is 1. The largest absolute Gasteiger partial charge is 0.455 e. The lowest BCUT2D eigenvalue weighted by molar-refractivity contribution is 0.669. The molecule has 7 aromatic rings. The summed E-state index contributed by atoms with van der Waals surface area (Å²) in [6.07, 6.45) is 0. The molecule has 0 aliphatic heterocycles. The van der Waals surface area contributed by atoms with E-state index in [1.165, 1.54) is 21.9 Å². The summed E-state index contributed by atoms with van der Waals surface area (Å²) in [5, 5.41) is 2.38. The van der Waals surface area contributed by atoms with Crippen molar-refractivity contribution >= 4 is 33.0 Å². The van der Waals surface area contributed by atoms with Crippen molar-refractivity contribution in [1.29, 1.82) is 0 Å². The molecule has 0 fully saturated rings. The predicted molar refractivity (Wildman–Crippen MR) is 167 cm³/mol.